The van der Waals surface area contributed by atoms with Crippen LogP contribution in [0.2, 0.25) is 0 Å². The summed E-state index contributed by atoms with van der Waals surface area (Å²) in [7, 11) is 0. The lowest BCUT2D eigenvalue weighted by atomic mass is 9.88. The van der Waals surface area contributed by atoms with Gasteiger partial charge >= 0.3 is 0 Å². The molecule has 1 amide bonds. The van der Waals surface area contributed by atoms with Gasteiger partial charge in [0.2, 0.25) is 5.91 Å². The van der Waals surface area contributed by atoms with Crippen LogP contribution in [0.1, 0.15) is 32.1 Å². The van der Waals surface area contributed by atoms with E-state index in [1.165, 1.54) is 0 Å². The van der Waals surface area contributed by atoms with Crippen molar-refractivity contribution in [2.45, 2.75) is 43.2 Å². The van der Waals surface area contributed by atoms with Crippen molar-refractivity contribution in [2.75, 3.05) is 0 Å². The minimum absolute atomic E-state index is 0.0235. The van der Waals surface area contributed by atoms with Crippen LogP contribution >= 0.6 is 0 Å². The first-order valence-corrected chi connectivity index (χ1v) is 4.75. The molecule has 3 rings (SSSR count). The molecule has 1 atom stereocenters. The van der Waals surface area contributed by atoms with E-state index < -0.39 is 0 Å². The van der Waals surface area contributed by atoms with E-state index in [0.717, 1.165) is 25.7 Å². The van der Waals surface area contributed by atoms with Crippen LogP contribution < -0.4 is 11.1 Å². The number of carbonyl (C=O) groups excluding carboxylic acids is 1. The van der Waals surface area contributed by atoms with E-state index in [0.29, 0.717) is 12.3 Å². The molecule has 3 heteroatoms. The van der Waals surface area contributed by atoms with Gasteiger partial charge < -0.3 is 11.1 Å². The number of amides is 1. The van der Waals surface area contributed by atoms with E-state index in [1.807, 2.05) is 0 Å². The second kappa shape index (κ2) is 1.69. The van der Waals surface area contributed by atoms with Gasteiger partial charge in [-0.05, 0) is 25.7 Å². The van der Waals surface area contributed by atoms with Gasteiger partial charge in [-0.2, -0.15) is 0 Å². The number of nitrogens with two attached hydrogens (primary N) is 1. The van der Waals surface area contributed by atoms with Crippen LogP contribution in [-0.4, -0.2) is 17.0 Å². The number of carbonyl (C=O) groups is 1. The van der Waals surface area contributed by atoms with Gasteiger partial charge in [0, 0.05) is 23.4 Å². The highest BCUT2D eigenvalue weighted by atomic mass is 16.2. The first kappa shape index (κ1) is 6.89. The Labute approximate surface area is 71.7 Å². The van der Waals surface area contributed by atoms with Crippen LogP contribution in [0, 0.1) is 5.92 Å². The molecule has 3 fully saturated rings. The highest BCUT2D eigenvalue weighted by Gasteiger charge is 2.64. The molecular formula is C9H14N2O. The van der Waals surface area contributed by atoms with Crippen molar-refractivity contribution in [3.63, 3.8) is 0 Å². The predicted octanol–water partition coefficient (Wildman–Crippen LogP) is 0.146. The Morgan fingerprint density at radius 1 is 1.33 bits per heavy atom. The average Bonchev–Trinajstić information content (AvgIpc) is 2.84. The summed E-state index contributed by atoms with van der Waals surface area (Å²) in [6.45, 7) is 0. The Hall–Kier alpha value is -0.570. The van der Waals surface area contributed by atoms with Gasteiger partial charge in [0.15, 0.2) is 0 Å². The van der Waals surface area contributed by atoms with Gasteiger partial charge in [0.05, 0.1) is 0 Å². The Kier molecular flexibility index (Phi) is 0.971. The minimum Gasteiger partial charge on any atom is -0.350 e. The predicted molar refractivity (Wildman–Crippen MR) is 44.4 cm³/mol. The molecule has 0 aromatic carbocycles. The maximum Gasteiger partial charge on any atom is 0.220 e. The fourth-order valence-corrected chi connectivity index (χ4v) is 2.65. The molecule has 1 saturated heterocycles. The van der Waals surface area contributed by atoms with Gasteiger partial charge in [-0.1, -0.05) is 0 Å². The van der Waals surface area contributed by atoms with E-state index in [4.69, 9.17) is 5.73 Å². The van der Waals surface area contributed by atoms with E-state index in [1.54, 1.807) is 0 Å². The van der Waals surface area contributed by atoms with E-state index in [9.17, 15) is 4.79 Å². The summed E-state index contributed by atoms with van der Waals surface area (Å²) in [4.78, 5) is 11.2. The number of nitrogens with one attached hydrogen (secondary N) is 1. The monoisotopic (exact) mass is 166 g/mol. The quantitative estimate of drug-likeness (QED) is 0.582. The molecule has 0 bridgehead atoms. The third kappa shape index (κ3) is 0.724. The van der Waals surface area contributed by atoms with Gasteiger partial charge in [-0.3, -0.25) is 4.79 Å². The maximum absolute atomic E-state index is 11.2. The third-order valence-electron chi connectivity index (χ3n) is 3.75. The van der Waals surface area contributed by atoms with Crippen molar-refractivity contribution in [1.29, 1.82) is 0 Å². The number of hydrogen-bond acceptors (Lipinski definition) is 2. The van der Waals surface area contributed by atoms with Crippen molar-refractivity contribution in [3.05, 3.63) is 0 Å². The summed E-state index contributed by atoms with van der Waals surface area (Å²) >= 11 is 0. The van der Waals surface area contributed by atoms with Gasteiger partial charge in [0.1, 0.15) is 0 Å². The zero-order valence-electron chi connectivity index (χ0n) is 7.10. The standard InChI is InChI=1S/C9H14N2O/c10-8(1-2-8)6-5-7(12)11-9(6)3-4-9/h6H,1-5,10H2,(H,11,12). The van der Waals surface area contributed by atoms with Gasteiger partial charge in [-0.25, -0.2) is 0 Å². The first-order valence-electron chi connectivity index (χ1n) is 4.75. The molecule has 0 aromatic heterocycles. The average molecular weight is 166 g/mol. The Morgan fingerprint density at radius 2 is 2.00 bits per heavy atom. The lowest BCUT2D eigenvalue weighted by molar-refractivity contribution is -0.119. The molecule has 3 N–H and O–H groups in total. The zero-order valence-corrected chi connectivity index (χ0v) is 7.10. The summed E-state index contributed by atoms with van der Waals surface area (Å²) in [5, 5.41) is 3.08. The number of hydrogen-bond donors (Lipinski definition) is 2. The van der Waals surface area contributed by atoms with Crippen LogP contribution in [0.15, 0.2) is 0 Å². The third-order valence-corrected chi connectivity index (χ3v) is 3.75. The summed E-state index contributed by atoms with van der Waals surface area (Å²) in [6.07, 6.45) is 5.23. The van der Waals surface area contributed by atoms with E-state index >= 15 is 0 Å². The van der Waals surface area contributed by atoms with Crippen molar-refractivity contribution < 1.29 is 4.79 Å². The molecule has 3 nitrogen and oxygen atoms in total. The SMILES string of the molecule is NC1(C2CC(=O)NC23CC3)CC1. The molecule has 2 aliphatic carbocycles. The molecule has 1 aliphatic heterocycles. The molecule has 12 heavy (non-hydrogen) atoms. The van der Waals surface area contributed by atoms with Crippen LogP contribution in [0.5, 0.6) is 0 Å². The molecule has 1 spiro atoms. The Bertz CT molecular complexity index is 253. The Balaban J connectivity index is 1.90. The van der Waals surface area contributed by atoms with Gasteiger partial charge in [0.25, 0.3) is 0 Å². The normalized spacial score (nSPS) is 39.8. The summed E-state index contributed by atoms with van der Waals surface area (Å²) < 4.78 is 0. The highest BCUT2D eigenvalue weighted by molar-refractivity contribution is 5.81. The van der Waals surface area contributed by atoms with Crippen LogP contribution in [0.4, 0.5) is 0 Å². The molecule has 0 aromatic rings. The summed E-state index contributed by atoms with van der Waals surface area (Å²) in [5.41, 5.74) is 6.32. The van der Waals surface area contributed by atoms with Crippen molar-refractivity contribution in [3.8, 4) is 0 Å². The minimum atomic E-state index is 0.0235. The topological polar surface area (TPSA) is 55.1 Å². The molecule has 1 heterocycles. The Morgan fingerprint density at radius 3 is 2.50 bits per heavy atom. The van der Waals surface area contributed by atoms with Crippen molar-refractivity contribution in [1.82, 2.24) is 5.32 Å². The maximum atomic E-state index is 11.2. The van der Waals surface area contributed by atoms with E-state index in [2.05, 4.69) is 5.32 Å². The molecule has 0 radical (unpaired) electrons. The van der Waals surface area contributed by atoms with Crippen LogP contribution in [0.25, 0.3) is 0 Å². The smallest absolute Gasteiger partial charge is 0.220 e. The molecule has 66 valence electrons. The molecule has 2 saturated carbocycles. The zero-order chi connectivity index (χ0) is 8.40. The lowest BCUT2D eigenvalue weighted by Gasteiger charge is -2.23. The lowest BCUT2D eigenvalue weighted by Crippen LogP contribution is -2.42. The second-order valence-corrected chi connectivity index (χ2v) is 4.69. The van der Waals surface area contributed by atoms with Gasteiger partial charge in [-0.15, -0.1) is 0 Å². The summed E-state index contributed by atoms with van der Waals surface area (Å²) in [6, 6.07) is 0. The van der Waals surface area contributed by atoms with Crippen molar-refractivity contribution in [2.24, 2.45) is 11.7 Å². The molecular weight excluding hydrogens is 152 g/mol. The fourth-order valence-electron chi connectivity index (χ4n) is 2.65. The summed E-state index contributed by atoms with van der Waals surface area (Å²) in [5.74, 6) is 0.659. The van der Waals surface area contributed by atoms with Crippen LogP contribution in [-0.2, 0) is 4.79 Å². The molecule has 3 aliphatic rings. The van der Waals surface area contributed by atoms with E-state index in [-0.39, 0.29) is 17.0 Å². The fraction of sp³-hybridized carbons (Fsp3) is 0.889. The largest absolute Gasteiger partial charge is 0.350 e. The second-order valence-electron chi connectivity index (χ2n) is 4.69. The van der Waals surface area contributed by atoms with Crippen LogP contribution in [0.3, 0.4) is 0 Å². The number of rotatable bonds is 1. The van der Waals surface area contributed by atoms with Crippen molar-refractivity contribution >= 4 is 5.91 Å². The first-order chi connectivity index (χ1) is 5.65. The highest BCUT2D eigenvalue weighted by Crippen LogP contribution is 2.57. The molecule has 1 unspecified atom stereocenters.